The quantitative estimate of drug-likeness (QED) is 0.838. The van der Waals surface area contributed by atoms with Gasteiger partial charge in [0.25, 0.3) is 0 Å². The molecule has 1 N–H and O–H groups in total. The minimum absolute atomic E-state index is 0.180. The van der Waals surface area contributed by atoms with Crippen molar-refractivity contribution in [3.8, 4) is 5.75 Å². The van der Waals surface area contributed by atoms with Gasteiger partial charge in [0.1, 0.15) is 5.75 Å². The zero-order valence-corrected chi connectivity index (χ0v) is 11.4. The number of hydrogen-bond acceptors (Lipinski definition) is 2. The molecule has 0 fully saturated rings. The summed E-state index contributed by atoms with van der Waals surface area (Å²) in [5, 5.41) is 2.81. The first kappa shape index (κ1) is 13.9. The fraction of sp³-hybridized carbons (Fsp3) is 0.118. The standard InChI is InChI=1S/C17H17NO2/c1-2-20-16-11-7-6-10-15(16)18-17(19)13-12-14-8-4-3-5-9-14/h3-13H,2H2,1H3,(H,18,19)/b13-12+. The lowest BCUT2D eigenvalue weighted by Crippen LogP contribution is -2.09. The van der Waals surface area contributed by atoms with Crippen LogP contribution in [0.1, 0.15) is 12.5 Å². The van der Waals surface area contributed by atoms with Crippen LogP contribution in [-0.2, 0) is 4.79 Å². The Hall–Kier alpha value is -2.55. The monoisotopic (exact) mass is 267 g/mol. The molecule has 2 aromatic rings. The highest BCUT2D eigenvalue weighted by molar-refractivity contribution is 6.02. The Bertz CT molecular complexity index is 591. The molecule has 0 aliphatic rings. The van der Waals surface area contributed by atoms with E-state index in [9.17, 15) is 4.79 Å². The number of anilines is 1. The molecule has 0 saturated carbocycles. The van der Waals surface area contributed by atoms with Gasteiger partial charge in [-0.05, 0) is 30.7 Å². The molecular formula is C17H17NO2. The van der Waals surface area contributed by atoms with Crippen LogP contribution in [0.3, 0.4) is 0 Å². The van der Waals surface area contributed by atoms with Crippen LogP contribution in [0, 0.1) is 0 Å². The Balaban J connectivity index is 2.03. The minimum atomic E-state index is -0.180. The maximum absolute atomic E-state index is 11.9. The van der Waals surface area contributed by atoms with Crippen molar-refractivity contribution in [2.75, 3.05) is 11.9 Å². The highest BCUT2D eigenvalue weighted by atomic mass is 16.5. The van der Waals surface area contributed by atoms with E-state index in [1.165, 1.54) is 6.08 Å². The van der Waals surface area contributed by atoms with Crippen LogP contribution in [0.25, 0.3) is 6.08 Å². The lowest BCUT2D eigenvalue weighted by molar-refractivity contribution is -0.111. The number of amides is 1. The van der Waals surface area contributed by atoms with E-state index in [-0.39, 0.29) is 5.91 Å². The number of ether oxygens (including phenoxy) is 1. The van der Waals surface area contributed by atoms with Gasteiger partial charge in [-0.15, -0.1) is 0 Å². The number of para-hydroxylation sites is 2. The molecule has 3 nitrogen and oxygen atoms in total. The van der Waals surface area contributed by atoms with Crippen LogP contribution in [0.4, 0.5) is 5.69 Å². The molecule has 0 saturated heterocycles. The first-order valence-corrected chi connectivity index (χ1v) is 6.55. The van der Waals surface area contributed by atoms with Gasteiger partial charge < -0.3 is 10.1 Å². The van der Waals surface area contributed by atoms with Gasteiger partial charge in [0, 0.05) is 6.08 Å². The van der Waals surface area contributed by atoms with Crippen molar-refractivity contribution in [3.05, 3.63) is 66.2 Å². The summed E-state index contributed by atoms with van der Waals surface area (Å²) in [6, 6.07) is 17.1. The lowest BCUT2D eigenvalue weighted by Gasteiger charge is -2.09. The zero-order valence-electron chi connectivity index (χ0n) is 11.4. The topological polar surface area (TPSA) is 38.3 Å². The third-order valence-corrected chi connectivity index (χ3v) is 2.67. The van der Waals surface area contributed by atoms with Gasteiger partial charge in [-0.25, -0.2) is 0 Å². The minimum Gasteiger partial charge on any atom is -0.492 e. The number of nitrogens with one attached hydrogen (secondary N) is 1. The summed E-state index contributed by atoms with van der Waals surface area (Å²) in [7, 11) is 0. The van der Waals surface area contributed by atoms with Gasteiger partial charge in [0.05, 0.1) is 12.3 Å². The molecule has 20 heavy (non-hydrogen) atoms. The van der Waals surface area contributed by atoms with Crippen molar-refractivity contribution in [3.63, 3.8) is 0 Å². The van der Waals surface area contributed by atoms with Gasteiger partial charge in [-0.2, -0.15) is 0 Å². The molecule has 102 valence electrons. The molecule has 2 aromatic carbocycles. The van der Waals surface area contributed by atoms with E-state index in [1.54, 1.807) is 6.08 Å². The number of benzene rings is 2. The molecule has 0 aliphatic heterocycles. The molecule has 2 rings (SSSR count). The summed E-state index contributed by atoms with van der Waals surface area (Å²) in [6.45, 7) is 2.47. The Morgan fingerprint density at radius 2 is 1.80 bits per heavy atom. The second-order valence-electron chi connectivity index (χ2n) is 4.16. The molecule has 0 bridgehead atoms. The zero-order chi connectivity index (χ0) is 14.2. The average molecular weight is 267 g/mol. The molecule has 1 amide bonds. The smallest absolute Gasteiger partial charge is 0.248 e. The van der Waals surface area contributed by atoms with E-state index in [2.05, 4.69) is 5.32 Å². The Morgan fingerprint density at radius 3 is 2.55 bits per heavy atom. The highest BCUT2D eigenvalue weighted by Crippen LogP contribution is 2.23. The van der Waals surface area contributed by atoms with Crippen LogP contribution in [0.15, 0.2) is 60.7 Å². The van der Waals surface area contributed by atoms with E-state index in [0.717, 1.165) is 5.56 Å². The van der Waals surface area contributed by atoms with Crippen LogP contribution >= 0.6 is 0 Å². The molecule has 0 spiro atoms. The van der Waals surface area contributed by atoms with Crippen LogP contribution in [-0.4, -0.2) is 12.5 Å². The third kappa shape index (κ3) is 3.99. The van der Waals surface area contributed by atoms with E-state index in [4.69, 9.17) is 4.74 Å². The third-order valence-electron chi connectivity index (χ3n) is 2.67. The SMILES string of the molecule is CCOc1ccccc1NC(=O)/C=C/c1ccccc1. The molecule has 0 heterocycles. The van der Waals surface area contributed by atoms with Crippen molar-refractivity contribution in [2.24, 2.45) is 0 Å². The molecule has 0 radical (unpaired) electrons. The first-order chi connectivity index (χ1) is 9.79. The van der Waals surface area contributed by atoms with Crippen molar-refractivity contribution >= 4 is 17.7 Å². The maximum atomic E-state index is 11.9. The molecule has 0 atom stereocenters. The summed E-state index contributed by atoms with van der Waals surface area (Å²) in [5.41, 5.74) is 1.66. The van der Waals surface area contributed by atoms with Crippen molar-refractivity contribution in [2.45, 2.75) is 6.92 Å². The van der Waals surface area contributed by atoms with Crippen LogP contribution < -0.4 is 10.1 Å². The second kappa shape index (κ2) is 7.14. The van der Waals surface area contributed by atoms with Gasteiger partial charge in [-0.3, -0.25) is 4.79 Å². The van der Waals surface area contributed by atoms with Crippen molar-refractivity contribution in [1.29, 1.82) is 0 Å². The molecule has 0 aliphatic carbocycles. The predicted molar refractivity (Wildman–Crippen MR) is 81.7 cm³/mol. The van der Waals surface area contributed by atoms with Gasteiger partial charge in [0.2, 0.25) is 5.91 Å². The summed E-state index contributed by atoms with van der Waals surface area (Å²) in [6.07, 6.45) is 3.29. The van der Waals surface area contributed by atoms with E-state index < -0.39 is 0 Å². The highest BCUT2D eigenvalue weighted by Gasteiger charge is 2.04. The van der Waals surface area contributed by atoms with Gasteiger partial charge in [-0.1, -0.05) is 42.5 Å². The fourth-order valence-electron chi connectivity index (χ4n) is 1.76. The van der Waals surface area contributed by atoms with Crippen LogP contribution in [0.2, 0.25) is 0 Å². The largest absolute Gasteiger partial charge is 0.492 e. The molecular weight excluding hydrogens is 250 g/mol. The summed E-state index contributed by atoms with van der Waals surface area (Å²) in [5.74, 6) is 0.498. The Labute approximate surface area is 118 Å². The van der Waals surface area contributed by atoms with Gasteiger partial charge >= 0.3 is 0 Å². The Morgan fingerprint density at radius 1 is 1.10 bits per heavy atom. The van der Waals surface area contributed by atoms with Crippen molar-refractivity contribution < 1.29 is 9.53 Å². The second-order valence-corrected chi connectivity index (χ2v) is 4.16. The molecule has 0 unspecified atom stereocenters. The first-order valence-electron chi connectivity index (χ1n) is 6.55. The van der Waals surface area contributed by atoms with E-state index >= 15 is 0 Å². The van der Waals surface area contributed by atoms with E-state index in [0.29, 0.717) is 18.0 Å². The number of hydrogen-bond donors (Lipinski definition) is 1. The summed E-state index contributed by atoms with van der Waals surface area (Å²) >= 11 is 0. The van der Waals surface area contributed by atoms with Crippen LogP contribution in [0.5, 0.6) is 5.75 Å². The summed E-state index contributed by atoms with van der Waals surface area (Å²) < 4.78 is 5.46. The number of carbonyl (C=O) groups excluding carboxylic acids is 1. The fourth-order valence-corrected chi connectivity index (χ4v) is 1.76. The summed E-state index contributed by atoms with van der Waals surface area (Å²) in [4.78, 5) is 11.9. The predicted octanol–water partition coefficient (Wildman–Crippen LogP) is 3.74. The van der Waals surface area contributed by atoms with Crippen molar-refractivity contribution in [1.82, 2.24) is 0 Å². The number of rotatable bonds is 5. The lowest BCUT2D eigenvalue weighted by atomic mass is 10.2. The Kier molecular flexibility index (Phi) is 4.95. The maximum Gasteiger partial charge on any atom is 0.248 e. The number of carbonyl (C=O) groups is 1. The normalized spacial score (nSPS) is 10.4. The molecule has 0 aromatic heterocycles. The molecule has 3 heteroatoms. The van der Waals surface area contributed by atoms with E-state index in [1.807, 2.05) is 61.5 Å². The van der Waals surface area contributed by atoms with Gasteiger partial charge in [0.15, 0.2) is 0 Å². The average Bonchev–Trinajstić information content (AvgIpc) is 2.49.